The molecule has 0 aliphatic heterocycles. The van der Waals surface area contributed by atoms with Gasteiger partial charge in [0.1, 0.15) is 29.5 Å². The molecule has 4 aromatic rings. The summed E-state index contributed by atoms with van der Waals surface area (Å²) in [5.41, 5.74) is 2.20. The van der Waals surface area contributed by atoms with Gasteiger partial charge < -0.3 is 15.6 Å². The molecular weight excluding hydrogens is 376 g/mol. The number of aromatic nitrogens is 3. The second-order valence-corrected chi connectivity index (χ2v) is 6.40. The summed E-state index contributed by atoms with van der Waals surface area (Å²) in [5.74, 6) is -1.71. The molecule has 146 valence electrons. The van der Waals surface area contributed by atoms with Gasteiger partial charge in [0.05, 0.1) is 5.69 Å². The highest BCUT2D eigenvalue weighted by molar-refractivity contribution is 6.03. The Hall–Kier alpha value is -3.81. The van der Waals surface area contributed by atoms with E-state index in [1.54, 1.807) is 0 Å². The van der Waals surface area contributed by atoms with Crippen LogP contribution in [0.2, 0.25) is 0 Å². The van der Waals surface area contributed by atoms with Crippen LogP contribution >= 0.6 is 0 Å². The fourth-order valence-corrected chi connectivity index (χ4v) is 3.02. The Morgan fingerprint density at radius 2 is 1.93 bits per heavy atom. The number of amides is 1. The highest BCUT2D eigenvalue weighted by Crippen LogP contribution is 2.19. The summed E-state index contributed by atoms with van der Waals surface area (Å²) in [4.78, 5) is 23.6. The highest BCUT2D eigenvalue weighted by Gasteiger charge is 2.12. The van der Waals surface area contributed by atoms with Crippen molar-refractivity contribution < 1.29 is 13.6 Å². The summed E-state index contributed by atoms with van der Waals surface area (Å²) in [6.07, 6.45) is 3.99. The zero-order valence-corrected chi connectivity index (χ0v) is 15.2. The molecule has 2 aromatic heterocycles. The van der Waals surface area contributed by atoms with Crippen molar-refractivity contribution in [3.05, 3.63) is 83.9 Å². The van der Waals surface area contributed by atoms with Gasteiger partial charge in [0.15, 0.2) is 0 Å². The third-order valence-electron chi connectivity index (χ3n) is 4.45. The molecule has 0 unspecified atom stereocenters. The molecule has 6 nitrogen and oxygen atoms in total. The number of halogens is 2. The second kappa shape index (κ2) is 8.05. The van der Waals surface area contributed by atoms with Crippen LogP contribution in [0.1, 0.15) is 16.1 Å². The number of aromatic amines is 1. The van der Waals surface area contributed by atoms with Crippen molar-refractivity contribution in [3.8, 4) is 0 Å². The number of anilines is 2. The molecule has 0 aliphatic carbocycles. The van der Waals surface area contributed by atoms with Gasteiger partial charge in [0, 0.05) is 35.8 Å². The van der Waals surface area contributed by atoms with E-state index in [0.29, 0.717) is 18.4 Å². The van der Waals surface area contributed by atoms with Gasteiger partial charge in [-0.1, -0.05) is 18.2 Å². The lowest BCUT2D eigenvalue weighted by atomic mass is 10.1. The van der Waals surface area contributed by atoms with Gasteiger partial charge in [-0.05, 0) is 30.2 Å². The number of carbonyl (C=O) groups excluding carboxylic acids is 1. The van der Waals surface area contributed by atoms with E-state index in [1.807, 2.05) is 24.4 Å². The molecule has 8 heteroatoms. The standard InChI is InChI=1S/C21H17F2N5O/c22-14-5-6-18(16(23)9-14)28-21(29)19-10-20(27-12-26-19)24-8-7-13-11-25-17-4-2-1-3-15(13)17/h1-6,9-12,25H,7-8H2,(H,28,29)(H,24,26,27). The lowest BCUT2D eigenvalue weighted by Crippen LogP contribution is -2.16. The maximum absolute atomic E-state index is 13.7. The van der Waals surface area contributed by atoms with Crippen LogP contribution in [0, 0.1) is 11.6 Å². The minimum atomic E-state index is -0.857. The molecule has 1 amide bonds. The minimum Gasteiger partial charge on any atom is -0.370 e. The van der Waals surface area contributed by atoms with Crippen molar-refractivity contribution in [1.29, 1.82) is 0 Å². The summed E-state index contributed by atoms with van der Waals surface area (Å²) >= 11 is 0. The maximum atomic E-state index is 13.7. The molecule has 4 rings (SSSR count). The van der Waals surface area contributed by atoms with Crippen LogP contribution in [0.5, 0.6) is 0 Å². The first-order valence-electron chi connectivity index (χ1n) is 8.97. The molecule has 0 aliphatic rings. The van der Waals surface area contributed by atoms with Crippen LogP contribution in [0.3, 0.4) is 0 Å². The van der Waals surface area contributed by atoms with E-state index in [0.717, 1.165) is 24.1 Å². The number of H-pyrrole nitrogens is 1. The van der Waals surface area contributed by atoms with Crippen molar-refractivity contribution in [2.24, 2.45) is 0 Å². The first-order valence-corrected chi connectivity index (χ1v) is 8.97. The molecule has 0 bridgehead atoms. The Balaban J connectivity index is 1.39. The monoisotopic (exact) mass is 393 g/mol. The largest absolute Gasteiger partial charge is 0.370 e. The Kier molecular flexibility index (Phi) is 5.15. The summed E-state index contributed by atoms with van der Waals surface area (Å²) in [5, 5.41) is 6.70. The Morgan fingerprint density at radius 1 is 1.07 bits per heavy atom. The van der Waals surface area contributed by atoms with Crippen molar-refractivity contribution >= 4 is 28.3 Å². The predicted octanol–water partition coefficient (Wildman–Crippen LogP) is 4.14. The molecule has 0 radical (unpaired) electrons. The Bertz CT molecular complexity index is 1170. The number of rotatable bonds is 6. The molecule has 0 saturated heterocycles. The van der Waals surface area contributed by atoms with E-state index < -0.39 is 17.5 Å². The third-order valence-corrected chi connectivity index (χ3v) is 4.45. The molecule has 0 fully saturated rings. The summed E-state index contributed by atoms with van der Waals surface area (Å²) in [6.45, 7) is 0.604. The van der Waals surface area contributed by atoms with Crippen LogP contribution in [0.15, 0.2) is 61.1 Å². The predicted molar refractivity (Wildman–Crippen MR) is 107 cm³/mol. The zero-order chi connectivity index (χ0) is 20.2. The van der Waals surface area contributed by atoms with Crippen LogP contribution in [0.4, 0.5) is 20.3 Å². The number of benzene rings is 2. The normalized spacial score (nSPS) is 10.8. The van der Waals surface area contributed by atoms with Crippen LogP contribution in [-0.4, -0.2) is 27.4 Å². The number of fused-ring (bicyclic) bond motifs is 1. The zero-order valence-electron chi connectivity index (χ0n) is 15.2. The summed E-state index contributed by atoms with van der Waals surface area (Å²) in [6, 6.07) is 12.5. The molecule has 2 heterocycles. The molecule has 3 N–H and O–H groups in total. The van der Waals surface area contributed by atoms with Gasteiger partial charge in [-0.25, -0.2) is 18.7 Å². The Labute approximate surface area is 165 Å². The molecular formula is C21H17F2N5O. The number of hydrogen-bond donors (Lipinski definition) is 3. The second-order valence-electron chi connectivity index (χ2n) is 6.40. The molecule has 0 saturated carbocycles. The molecule has 29 heavy (non-hydrogen) atoms. The smallest absolute Gasteiger partial charge is 0.274 e. The van der Waals surface area contributed by atoms with Crippen molar-refractivity contribution in [2.75, 3.05) is 17.2 Å². The lowest BCUT2D eigenvalue weighted by Gasteiger charge is -2.08. The van der Waals surface area contributed by atoms with Gasteiger partial charge in [0.25, 0.3) is 5.91 Å². The first-order chi connectivity index (χ1) is 14.1. The van der Waals surface area contributed by atoms with E-state index in [-0.39, 0.29) is 11.4 Å². The van der Waals surface area contributed by atoms with Crippen LogP contribution in [-0.2, 0) is 6.42 Å². The quantitative estimate of drug-likeness (QED) is 0.460. The molecule has 0 spiro atoms. The first kappa shape index (κ1) is 18.5. The van der Waals surface area contributed by atoms with Crippen molar-refractivity contribution in [3.63, 3.8) is 0 Å². The average molecular weight is 393 g/mol. The lowest BCUT2D eigenvalue weighted by molar-refractivity contribution is 0.102. The number of nitrogens with one attached hydrogen (secondary N) is 3. The molecule has 2 aromatic carbocycles. The van der Waals surface area contributed by atoms with Gasteiger partial charge in [-0.15, -0.1) is 0 Å². The minimum absolute atomic E-state index is 0.0679. The third kappa shape index (κ3) is 4.21. The van der Waals surface area contributed by atoms with Gasteiger partial charge in [-0.2, -0.15) is 0 Å². The highest BCUT2D eigenvalue weighted by atomic mass is 19.1. The topological polar surface area (TPSA) is 82.7 Å². The van der Waals surface area contributed by atoms with E-state index in [9.17, 15) is 13.6 Å². The summed E-state index contributed by atoms with van der Waals surface area (Å²) < 4.78 is 26.7. The van der Waals surface area contributed by atoms with E-state index >= 15 is 0 Å². The van der Waals surface area contributed by atoms with Gasteiger partial charge >= 0.3 is 0 Å². The molecule has 0 atom stereocenters. The Morgan fingerprint density at radius 3 is 2.79 bits per heavy atom. The van der Waals surface area contributed by atoms with Crippen molar-refractivity contribution in [1.82, 2.24) is 15.0 Å². The van der Waals surface area contributed by atoms with Gasteiger partial charge in [0.2, 0.25) is 0 Å². The van der Waals surface area contributed by atoms with E-state index in [1.165, 1.54) is 23.3 Å². The van der Waals surface area contributed by atoms with Crippen LogP contribution < -0.4 is 10.6 Å². The van der Waals surface area contributed by atoms with E-state index in [4.69, 9.17) is 0 Å². The van der Waals surface area contributed by atoms with Gasteiger partial charge in [-0.3, -0.25) is 4.79 Å². The number of nitrogens with zero attached hydrogens (tertiary/aromatic N) is 2. The number of hydrogen-bond acceptors (Lipinski definition) is 4. The maximum Gasteiger partial charge on any atom is 0.274 e. The summed E-state index contributed by atoms with van der Waals surface area (Å²) in [7, 11) is 0. The van der Waals surface area contributed by atoms with Crippen molar-refractivity contribution in [2.45, 2.75) is 6.42 Å². The fraction of sp³-hybridized carbons (Fsp3) is 0.0952. The number of para-hydroxylation sites is 1. The fourth-order valence-electron chi connectivity index (χ4n) is 3.02. The van der Waals surface area contributed by atoms with Crippen LogP contribution in [0.25, 0.3) is 10.9 Å². The number of carbonyl (C=O) groups is 1. The SMILES string of the molecule is O=C(Nc1ccc(F)cc1F)c1cc(NCCc2c[nH]c3ccccc23)ncn1. The average Bonchev–Trinajstić information content (AvgIpc) is 3.13. The van der Waals surface area contributed by atoms with E-state index in [2.05, 4.69) is 31.7 Å².